The predicted molar refractivity (Wildman–Crippen MR) is 66.0 cm³/mol. The summed E-state index contributed by atoms with van der Waals surface area (Å²) in [6, 6.07) is 0.735. The number of likely N-dealkylation sites (tertiary alicyclic amines) is 1. The van der Waals surface area contributed by atoms with Crippen LogP contribution < -0.4 is 5.32 Å². The average molecular weight is 240 g/mol. The quantitative estimate of drug-likeness (QED) is 0.694. The van der Waals surface area contributed by atoms with Crippen LogP contribution in [0.25, 0.3) is 0 Å². The van der Waals surface area contributed by atoms with Gasteiger partial charge in [0.1, 0.15) is 0 Å². The van der Waals surface area contributed by atoms with E-state index in [4.69, 9.17) is 4.74 Å². The fourth-order valence-corrected chi connectivity index (χ4v) is 3.65. The van der Waals surface area contributed by atoms with Crippen molar-refractivity contribution < 1.29 is 9.84 Å². The summed E-state index contributed by atoms with van der Waals surface area (Å²) in [5.41, 5.74) is -0.0253. The van der Waals surface area contributed by atoms with E-state index in [0.717, 1.165) is 58.1 Å². The maximum Gasteiger partial charge on any atom is 0.0845 e. The first-order valence-electron chi connectivity index (χ1n) is 7.04. The van der Waals surface area contributed by atoms with Gasteiger partial charge in [-0.3, -0.25) is 4.90 Å². The summed E-state index contributed by atoms with van der Waals surface area (Å²) in [6.07, 6.45) is 5.14. The predicted octanol–water partition coefficient (Wildman–Crippen LogP) is 0.354. The van der Waals surface area contributed by atoms with Crippen LogP contribution in [0.4, 0.5) is 0 Å². The molecule has 0 unspecified atom stereocenters. The molecule has 17 heavy (non-hydrogen) atoms. The molecule has 0 aromatic heterocycles. The Labute approximate surface area is 103 Å². The van der Waals surface area contributed by atoms with E-state index in [1.807, 2.05) is 0 Å². The van der Waals surface area contributed by atoms with Gasteiger partial charge >= 0.3 is 0 Å². The second-order valence-corrected chi connectivity index (χ2v) is 5.88. The highest BCUT2D eigenvalue weighted by Gasteiger charge is 2.44. The number of rotatable bonds is 1. The first-order valence-corrected chi connectivity index (χ1v) is 7.04. The number of aliphatic hydroxyl groups excluding tert-OH is 1. The van der Waals surface area contributed by atoms with Crippen molar-refractivity contribution >= 4 is 0 Å². The lowest BCUT2D eigenvalue weighted by Gasteiger charge is -2.38. The van der Waals surface area contributed by atoms with E-state index in [2.05, 4.69) is 10.2 Å². The molecule has 3 heterocycles. The van der Waals surface area contributed by atoms with Crippen LogP contribution in [0.1, 0.15) is 32.1 Å². The Kier molecular flexibility index (Phi) is 3.39. The zero-order valence-corrected chi connectivity index (χ0v) is 10.5. The largest absolute Gasteiger partial charge is 0.393 e. The Balaban J connectivity index is 1.60. The van der Waals surface area contributed by atoms with Gasteiger partial charge in [-0.05, 0) is 38.8 Å². The molecule has 0 amide bonds. The third kappa shape index (κ3) is 2.50. The summed E-state index contributed by atoms with van der Waals surface area (Å²) in [4.78, 5) is 2.60. The Morgan fingerprint density at radius 2 is 2.06 bits per heavy atom. The lowest BCUT2D eigenvalue weighted by Crippen LogP contribution is -2.47. The van der Waals surface area contributed by atoms with Crippen molar-refractivity contribution in [1.29, 1.82) is 0 Å². The molecule has 3 saturated heterocycles. The lowest BCUT2D eigenvalue weighted by atomic mass is 9.91. The molecule has 0 radical (unpaired) electrons. The highest BCUT2D eigenvalue weighted by Crippen LogP contribution is 2.35. The van der Waals surface area contributed by atoms with Crippen LogP contribution >= 0.6 is 0 Å². The Morgan fingerprint density at radius 3 is 2.82 bits per heavy atom. The first kappa shape index (κ1) is 11.9. The molecule has 0 saturated carbocycles. The molecule has 3 rings (SSSR count). The summed E-state index contributed by atoms with van der Waals surface area (Å²) in [5, 5.41) is 13.2. The summed E-state index contributed by atoms with van der Waals surface area (Å²) in [5.74, 6) is 0. The van der Waals surface area contributed by atoms with Crippen LogP contribution in [0.15, 0.2) is 0 Å². The monoisotopic (exact) mass is 240 g/mol. The molecule has 2 atom stereocenters. The number of hydrogen-bond acceptors (Lipinski definition) is 4. The van der Waals surface area contributed by atoms with Crippen molar-refractivity contribution in [2.24, 2.45) is 0 Å². The minimum absolute atomic E-state index is 0.0253. The van der Waals surface area contributed by atoms with Crippen LogP contribution in [0.2, 0.25) is 0 Å². The van der Waals surface area contributed by atoms with Crippen molar-refractivity contribution in [3.63, 3.8) is 0 Å². The van der Waals surface area contributed by atoms with Gasteiger partial charge < -0.3 is 15.2 Å². The number of ether oxygens (including phenoxy) is 1. The van der Waals surface area contributed by atoms with E-state index in [1.165, 1.54) is 12.8 Å². The van der Waals surface area contributed by atoms with Crippen LogP contribution in [0, 0.1) is 0 Å². The number of nitrogens with one attached hydrogen (secondary N) is 1. The highest BCUT2D eigenvalue weighted by atomic mass is 16.5. The topological polar surface area (TPSA) is 44.7 Å². The normalized spacial score (nSPS) is 41.1. The summed E-state index contributed by atoms with van der Waals surface area (Å²) in [7, 11) is 0. The zero-order chi connectivity index (χ0) is 11.7. The highest BCUT2D eigenvalue weighted by molar-refractivity contribution is 4.98. The Hall–Kier alpha value is -0.160. The van der Waals surface area contributed by atoms with Crippen molar-refractivity contribution in [2.75, 3.05) is 32.8 Å². The zero-order valence-electron chi connectivity index (χ0n) is 10.5. The van der Waals surface area contributed by atoms with Crippen molar-refractivity contribution in [3.8, 4) is 0 Å². The second-order valence-electron chi connectivity index (χ2n) is 5.88. The number of piperidine rings is 1. The molecule has 0 aromatic rings. The van der Waals surface area contributed by atoms with Gasteiger partial charge in [0, 0.05) is 32.2 Å². The molecule has 3 aliphatic heterocycles. The Bertz CT molecular complexity index is 268. The third-order valence-corrected chi connectivity index (χ3v) is 4.64. The second kappa shape index (κ2) is 4.84. The van der Waals surface area contributed by atoms with Gasteiger partial charge in [-0.25, -0.2) is 0 Å². The maximum atomic E-state index is 9.82. The van der Waals surface area contributed by atoms with Crippen molar-refractivity contribution in [3.05, 3.63) is 0 Å². The van der Waals surface area contributed by atoms with Crippen LogP contribution in [-0.2, 0) is 4.74 Å². The van der Waals surface area contributed by atoms with Gasteiger partial charge in [-0.15, -0.1) is 0 Å². The number of aliphatic hydroxyl groups is 1. The number of hydrogen-bond donors (Lipinski definition) is 2. The molecule has 4 nitrogen and oxygen atoms in total. The van der Waals surface area contributed by atoms with E-state index >= 15 is 0 Å². The van der Waals surface area contributed by atoms with E-state index in [0.29, 0.717) is 0 Å². The molecule has 1 spiro atoms. The SMILES string of the molecule is O[C@H]1CCO[C@]2(CCN(C3CCNCC3)C2)C1. The molecule has 3 aliphatic rings. The molecule has 4 heteroatoms. The van der Waals surface area contributed by atoms with Gasteiger partial charge in [0.05, 0.1) is 11.7 Å². The van der Waals surface area contributed by atoms with Gasteiger partial charge in [0.15, 0.2) is 0 Å². The molecular weight excluding hydrogens is 216 g/mol. The molecular formula is C13H24N2O2. The lowest BCUT2D eigenvalue weighted by molar-refractivity contribution is -0.112. The fourth-order valence-electron chi connectivity index (χ4n) is 3.65. The number of nitrogens with zero attached hydrogens (tertiary/aromatic N) is 1. The van der Waals surface area contributed by atoms with Gasteiger partial charge in [0.2, 0.25) is 0 Å². The molecule has 0 bridgehead atoms. The Morgan fingerprint density at radius 1 is 1.24 bits per heavy atom. The van der Waals surface area contributed by atoms with Crippen molar-refractivity contribution in [2.45, 2.75) is 49.9 Å². The van der Waals surface area contributed by atoms with E-state index in [9.17, 15) is 5.11 Å². The van der Waals surface area contributed by atoms with Crippen LogP contribution in [0.3, 0.4) is 0 Å². The van der Waals surface area contributed by atoms with E-state index in [-0.39, 0.29) is 11.7 Å². The minimum Gasteiger partial charge on any atom is -0.393 e. The van der Waals surface area contributed by atoms with Gasteiger partial charge in [-0.1, -0.05) is 0 Å². The molecule has 98 valence electrons. The molecule has 2 N–H and O–H groups in total. The standard InChI is InChI=1S/C13H24N2O2/c16-12-3-8-17-13(9-12)4-7-15(10-13)11-1-5-14-6-2-11/h11-12,14,16H,1-10H2/t12-,13+/m0/s1. The van der Waals surface area contributed by atoms with Crippen LogP contribution in [0.5, 0.6) is 0 Å². The van der Waals surface area contributed by atoms with Crippen molar-refractivity contribution in [1.82, 2.24) is 10.2 Å². The fraction of sp³-hybridized carbons (Fsp3) is 1.00. The van der Waals surface area contributed by atoms with Gasteiger partial charge in [0.25, 0.3) is 0 Å². The molecule has 0 aliphatic carbocycles. The van der Waals surface area contributed by atoms with Gasteiger partial charge in [-0.2, -0.15) is 0 Å². The summed E-state index contributed by atoms with van der Waals surface area (Å²) < 4.78 is 6.00. The maximum absolute atomic E-state index is 9.82. The van der Waals surface area contributed by atoms with Crippen LogP contribution in [-0.4, -0.2) is 60.5 Å². The summed E-state index contributed by atoms with van der Waals surface area (Å²) >= 11 is 0. The van der Waals surface area contributed by atoms with E-state index in [1.54, 1.807) is 0 Å². The van der Waals surface area contributed by atoms with E-state index < -0.39 is 0 Å². The third-order valence-electron chi connectivity index (χ3n) is 4.64. The smallest absolute Gasteiger partial charge is 0.0845 e. The summed E-state index contributed by atoms with van der Waals surface area (Å²) in [6.45, 7) is 5.22. The molecule has 0 aromatic carbocycles. The first-order chi connectivity index (χ1) is 8.27. The minimum atomic E-state index is -0.142. The molecule has 3 fully saturated rings. The average Bonchev–Trinajstić information content (AvgIpc) is 2.74.